The normalized spacial score (nSPS) is 15.8. The van der Waals surface area contributed by atoms with Gasteiger partial charge in [-0.25, -0.2) is 68.5 Å². The van der Waals surface area contributed by atoms with Gasteiger partial charge in [0.25, 0.3) is 47.8 Å². The van der Waals surface area contributed by atoms with Crippen molar-refractivity contribution >= 4 is 238 Å². The van der Waals surface area contributed by atoms with Crippen LogP contribution in [0.25, 0.3) is 0 Å². The van der Waals surface area contributed by atoms with Gasteiger partial charge in [0.15, 0.2) is 0 Å². The van der Waals surface area contributed by atoms with Crippen molar-refractivity contribution in [3.8, 4) is 0 Å². The molecule has 0 saturated carbocycles. The Labute approximate surface area is 743 Å². The number of nitrogens with zero attached hydrogens (tertiary/aromatic N) is 6. The fraction of sp³-hybridized carbons (Fsp3) is 0.278. The minimum Gasteiger partial charge on any atom is -0.384 e. The molecule has 9 heterocycles. The van der Waals surface area contributed by atoms with E-state index in [0.29, 0.717) is 33.4 Å². The van der Waals surface area contributed by atoms with Crippen molar-refractivity contribution in [1.29, 1.82) is 0 Å². The molecule has 0 radical (unpaired) electrons. The highest BCUT2D eigenvalue weighted by Crippen LogP contribution is 2.39. The molecule has 0 spiro atoms. The van der Waals surface area contributed by atoms with Gasteiger partial charge in [0.1, 0.15) is 12.6 Å². The molecule has 642 valence electrons. The van der Waals surface area contributed by atoms with Crippen LogP contribution in [0.3, 0.4) is 0 Å². The molecule has 0 bridgehead atoms. The second-order valence-corrected chi connectivity index (χ2v) is 40.4. The molecule has 0 atom stereocenters. The van der Waals surface area contributed by atoms with Crippen molar-refractivity contribution in [3.05, 3.63) is 207 Å². The molecule has 15 rings (SSSR count). The smallest absolute Gasteiger partial charge is 0.333 e. The third kappa shape index (κ3) is 22.7. The minimum atomic E-state index is -4.12. The molecule has 9 N–H and O–H groups in total. The van der Waals surface area contributed by atoms with Crippen LogP contribution >= 0.6 is 104 Å². The minimum absolute atomic E-state index is 0.00336. The third-order valence-corrected chi connectivity index (χ3v) is 29.9. The third-order valence-electron chi connectivity index (χ3n) is 19.9. The van der Waals surface area contributed by atoms with Gasteiger partial charge in [0.05, 0.1) is 77.6 Å². The van der Waals surface area contributed by atoms with Crippen molar-refractivity contribution in [2.75, 3.05) is 138 Å². The fourth-order valence-electron chi connectivity index (χ4n) is 14.0. The van der Waals surface area contributed by atoms with Crippen LogP contribution in [-0.4, -0.2) is 185 Å². The lowest BCUT2D eigenvalue weighted by Gasteiger charge is -2.28. The number of carbonyl (C=O) groups excluding carboxylic acids is 9. The largest absolute Gasteiger partial charge is 0.384 e. The number of carbonyl (C=O) groups is 9. The summed E-state index contributed by atoms with van der Waals surface area (Å²) in [6.07, 6.45) is 6.25. The molecule has 12 amide bonds. The highest BCUT2D eigenvalue weighted by Gasteiger charge is 2.38. The summed E-state index contributed by atoms with van der Waals surface area (Å²) in [4.78, 5) is 126. The van der Waals surface area contributed by atoms with Crippen LogP contribution in [-0.2, 0) is 68.5 Å². The van der Waals surface area contributed by atoms with Crippen molar-refractivity contribution in [2.45, 2.75) is 64.0 Å². The number of hydrogen-bond acceptors (Lipinski definition) is 25. The predicted molar refractivity (Wildman–Crippen MR) is 475 cm³/mol. The number of piperidine rings is 1. The van der Waals surface area contributed by atoms with Gasteiger partial charge in [-0.05, 0) is 214 Å². The summed E-state index contributed by atoms with van der Waals surface area (Å²) in [5.74, 6) is -2.85. The maximum Gasteiger partial charge on any atom is 0.333 e. The van der Waals surface area contributed by atoms with Crippen LogP contribution in [0.4, 0.5) is 65.6 Å². The van der Waals surface area contributed by atoms with E-state index in [9.17, 15) is 68.4 Å². The summed E-state index contributed by atoms with van der Waals surface area (Å²) < 4.78 is 85.5. The number of fused-ring (bicyclic) bond motifs is 3. The number of halogens is 6. The molecular formula is C79H77Cl6N15O16S6. The first kappa shape index (κ1) is 90.2. The van der Waals surface area contributed by atoms with Crippen LogP contribution in [0.5, 0.6) is 0 Å². The lowest BCUT2D eigenvalue weighted by molar-refractivity contribution is -0.118. The molecule has 0 unspecified atom stereocenters. The van der Waals surface area contributed by atoms with E-state index >= 15 is 0 Å². The van der Waals surface area contributed by atoms with E-state index in [-0.39, 0.29) is 94.1 Å². The number of benzene rings is 6. The van der Waals surface area contributed by atoms with Gasteiger partial charge < -0.3 is 46.4 Å². The molecule has 3 fully saturated rings. The van der Waals surface area contributed by atoms with E-state index in [4.69, 9.17) is 74.3 Å². The number of nitrogens with one attached hydrogen (secondary N) is 9. The van der Waals surface area contributed by atoms with Gasteiger partial charge in [-0.15, -0.1) is 34.0 Å². The van der Waals surface area contributed by atoms with E-state index in [0.717, 1.165) is 158 Å². The van der Waals surface area contributed by atoms with E-state index < -0.39 is 83.6 Å². The van der Waals surface area contributed by atoms with E-state index in [2.05, 4.69) is 46.6 Å². The molecule has 3 saturated heterocycles. The van der Waals surface area contributed by atoms with Crippen LogP contribution < -0.4 is 60.8 Å². The van der Waals surface area contributed by atoms with Crippen LogP contribution in [0.1, 0.15) is 79.9 Å². The van der Waals surface area contributed by atoms with Crippen molar-refractivity contribution in [1.82, 2.24) is 28.9 Å². The Kier molecular flexibility index (Phi) is 29.6. The Morgan fingerprint density at radius 1 is 0.344 bits per heavy atom. The lowest BCUT2D eigenvalue weighted by Crippen LogP contribution is -2.42. The van der Waals surface area contributed by atoms with Crippen molar-refractivity contribution < 1.29 is 73.1 Å². The molecular weight excluding hydrogens is 1820 g/mol. The quantitative estimate of drug-likeness (QED) is 0.0254. The number of imide groups is 3. The second-order valence-electron chi connectivity index (χ2n) is 28.3. The van der Waals surface area contributed by atoms with Crippen molar-refractivity contribution in [2.24, 2.45) is 0 Å². The Balaban J connectivity index is 0.000000158. The molecule has 31 nitrogen and oxygen atoms in total. The topological polar surface area (TPSA) is 393 Å². The zero-order valence-corrected chi connectivity index (χ0v) is 73.8. The Morgan fingerprint density at radius 2 is 0.623 bits per heavy atom. The zero-order valence-electron chi connectivity index (χ0n) is 64.3. The average molecular weight is 1900 g/mol. The van der Waals surface area contributed by atoms with Gasteiger partial charge in [-0.2, -0.15) is 0 Å². The number of hydrogen-bond donors (Lipinski definition) is 9. The highest BCUT2D eigenvalue weighted by atomic mass is 35.5. The fourth-order valence-corrected chi connectivity index (χ4v) is 22.0. The molecule has 0 aliphatic carbocycles. The number of amides is 12. The Morgan fingerprint density at radius 3 is 0.902 bits per heavy atom. The first-order chi connectivity index (χ1) is 58.3. The highest BCUT2D eigenvalue weighted by molar-refractivity contribution is 7.93. The Hall–Kier alpha value is -9.52. The number of sulfonamides is 3. The molecule has 9 aromatic rings. The maximum atomic E-state index is 13.3. The maximum absolute atomic E-state index is 13.3. The number of rotatable bonds is 24. The van der Waals surface area contributed by atoms with Gasteiger partial charge in [0, 0.05) is 103 Å². The Bertz CT molecular complexity index is 5690. The lowest BCUT2D eigenvalue weighted by atomic mass is 9.97. The summed E-state index contributed by atoms with van der Waals surface area (Å²) in [6, 6.07) is 33.5. The van der Waals surface area contributed by atoms with E-state index in [1.54, 1.807) is 24.3 Å². The predicted octanol–water partition coefficient (Wildman–Crippen LogP) is 14.0. The van der Waals surface area contributed by atoms with E-state index in [1.807, 2.05) is 44.5 Å². The van der Waals surface area contributed by atoms with Crippen LogP contribution in [0.2, 0.25) is 28.1 Å². The first-order valence-corrected chi connectivity index (χ1v) is 47.1. The van der Waals surface area contributed by atoms with Gasteiger partial charge in [-0.1, -0.05) is 76.0 Å². The summed E-state index contributed by atoms with van der Waals surface area (Å²) in [7, 11) is -12.4. The number of likely N-dealkylation sites (tertiary alicyclic amines) is 2. The summed E-state index contributed by atoms with van der Waals surface area (Å²) in [6.45, 7) is 12.7. The SMILES string of the molecule is O=C(Nc1ccc(N2C(=O)Cc3cc(NCCN4CCCC4)ccc3C2=O)c(Cl)c1)NS(=O)(=O)c1ccc(Cl)s1.O=C(Nc1ccc(N2C(=O)Cc3cc(NCCN4CCCCC4)ccc3C2=O)c(Cl)c1)NS(=O)(=O)c1ccc(Cl)s1.O=C(Nc1ccc(N2C(=O)Cc3cc(NCCN4CCOCC4)ccc3C2=O)c(Cl)c1)NS(=O)(=O)c1ccc(Cl)s1. The van der Waals surface area contributed by atoms with E-state index in [1.165, 1.54) is 123 Å². The average Bonchev–Trinajstić information content (AvgIpc) is 1.05. The van der Waals surface area contributed by atoms with Gasteiger partial charge >= 0.3 is 18.1 Å². The number of urea groups is 3. The van der Waals surface area contributed by atoms with Crippen LogP contribution in [0.15, 0.2) is 158 Å². The number of anilines is 9. The monoisotopic (exact) mass is 1890 g/mol. The van der Waals surface area contributed by atoms with Crippen molar-refractivity contribution in [3.63, 3.8) is 0 Å². The van der Waals surface area contributed by atoms with Gasteiger partial charge in [-0.3, -0.25) is 33.7 Å². The summed E-state index contributed by atoms with van der Waals surface area (Å²) in [5.41, 5.74) is 6.54. The second kappa shape index (κ2) is 40.0. The number of ether oxygens (including phenoxy) is 1. The molecule has 6 aliphatic heterocycles. The first-order valence-electron chi connectivity index (χ1n) is 37.9. The molecule has 6 aliphatic rings. The van der Waals surface area contributed by atoms with Crippen LogP contribution in [0, 0.1) is 0 Å². The summed E-state index contributed by atoms with van der Waals surface area (Å²) >= 11 is 39.0. The molecule has 3 aromatic heterocycles. The zero-order chi connectivity index (χ0) is 86.7. The molecule has 6 aromatic carbocycles. The summed E-state index contributed by atoms with van der Waals surface area (Å²) in [5, 5.41) is 17.3. The molecule has 122 heavy (non-hydrogen) atoms. The van der Waals surface area contributed by atoms with Gasteiger partial charge in [0.2, 0.25) is 17.7 Å². The molecule has 43 heteroatoms. The standard InChI is InChI=1S/C27H27Cl2N5O5S2.C26H25Cl2N5O6S2.C26H25Cl2N5O5S2/c28-21-16-19(31-27(37)32-41(38,39)25-9-8-23(29)40-25)5-7-22(21)34-24(35)15-17-14-18(4-6-20(17)26(34)36)30-10-13-33-11-2-1-3-12-33;27-20-15-18(30-26(36)31-41(37,38)24-6-5-22(28)40-24)2-4-21(20)33-23(34)14-16-13-17(1-3-19(16)25(33)35)29-7-8-32-9-11-39-12-10-32;27-20-15-18(30-26(36)31-40(37,38)24-8-7-22(28)39-24)4-6-21(20)33-23(34)14-16-13-17(3-5-19(16)25(33)35)29-9-12-32-10-1-2-11-32/h4-9,14,16,30H,1-3,10-13,15H2,(H2,31,32,37);1-6,13,15,29H,7-12,14H2,(H2,30,31,36);3-8,13,15,29H,1-2,9-12,14H2,(H2,30,31,36). The number of morpholine rings is 1. The number of thiophene rings is 3.